The molecule has 0 radical (unpaired) electrons. The van der Waals surface area contributed by atoms with Crippen molar-refractivity contribution >= 4 is 5.96 Å². The Morgan fingerprint density at radius 2 is 2.16 bits per heavy atom. The molecule has 0 aromatic heterocycles. The van der Waals surface area contributed by atoms with E-state index in [1.54, 1.807) is 12.1 Å². The number of halogens is 1. The molecule has 0 bridgehead atoms. The molecule has 1 unspecified atom stereocenters. The fourth-order valence-corrected chi connectivity index (χ4v) is 2.64. The standard InChI is InChI=1S/C18H26FN5O/c1-3-21-18(22-12-14(2)24-6-8-25-9-7-24)23-13-16-5-4-15(11-20)10-17(16)19/h4-5,10,14H,3,6-9,12-13H2,1-2H3,(H2,21,22,23). The van der Waals surface area contributed by atoms with E-state index in [-0.39, 0.29) is 6.54 Å². The van der Waals surface area contributed by atoms with Crippen LogP contribution in [0.15, 0.2) is 23.2 Å². The molecule has 1 aromatic rings. The Bertz CT molecular complexity index is 622. The largest absolute Gasteiger partial charge is 0.379 e. The fraction of sp³-hybridized carbons (Fsp3) is 0.556. The summed E-state index contributed by atoms with van der Waals surface area (Å²) in [5.41, 5.74) is 0.784. The summed E-state index contributed by atoms with van der Waals surface area (Å²) in [6.45, 7) is 9.29. The van der Waals surface area contributed by atoms with Gasteiger partial charge in [0, 0.05) is 37.8 Å². The molecule has 1 atom stereocenters. The molecule has 1 fully saturated rings. The number of guanidine groups is 1. The number of rotatable bonds is 6. The third kappa shape index (κ3) is 6.00. The molecule has 1 aliphatic heterocycles. The first-order valence-electron chi connectivity index (χ1n) is 8.66. The van der Waals surface area contributed by atoms with E-state index in [9.17, 15) is 4.39 Å². The summed E-state index contributed by atoms with van der Waals surface area (Å²) in [4.78, 5) is 6.82. The Morgan fingerprint density at radius 1 is 1.40 bits per heavy atom. The van der Waals surface area contributed by atoms with Crippen molar-refractivity contribution < 1.29 is 9.13 Å². The van der Waals surface area contributed by atoms with Crippen LogP contribution in [0, 0.1) is 17.1 Å². The average molecular weight is 347 g/mol. The van der Waals surface area contributed by atoms with Gasteiger partial charge in [0.1, 0.15) is 5.82 Å². The van der Waals surface area contributed by atoms with E-state index in [0.29, 0.717) is 23.1 Å². The van der Waals surface area contributed by atoms with Gasteiger partial charge in [0.25, 0.3) is 0 Å². The fourth-order valence-electron chi connectivity index (χ4n) is 2.64. The van der Waals surface area contributed by atoms with Crippen LogP contribution in [0.1, 0.15) is 25.0 Å². The zero-order valence-electron chi connectivity index (χ0n) is 14.9. The van der Waals surface area contributed by atoms with Crippen LogP contribution in [-0.2, 0) is 11.3 Å². The molecule has 2 rings (SSSR count). The van der Waals surface area contributed by atoms with Gasteiger partial charge < -0.3 is 15.4 Å². The number of nitrogens with one attached hydrogen (secondary N) is 2. The quantitative estimate of drug-likeness (QED) is 0.602. The van der Waals surface area contributed by atoms with Crippen LogP contribution in [-0.4, -0.2) is 56.3 Å². The van der Waals surface area contributed by atoms with Gasteiger partial charge in [-0.2, -0.15) is 5.26 Å². The molecule has 1 aromatic carbocycles. The molecular weight excluding hydrogens is 321 g/mol. The Balaban J connectivity index is 1.92. The van der Waals surface area contributed by atoms with Crippen LogP contribution >= 0.6 is 0 Å². The molecule has 0 spiro atoms. The smallest absolute Gasteiger partial charge is 0.191 e. The predicted octanol–water partition coefficient (Wildman–Crippen LogP) is 1.47. The molecule has 0 amide bonds. The first-order chi connectivity index (χ1) is 12.1. The molecule has 136 valence electrons. The number of ether oxygens (including phenoxy) is 1. The number of aliphatic imine (C=N–C) groups is 1. The minimum atomic E-state index is -0.402. The molecule has 1 saturated heterocycles. The van der Waals surface area contributed by atoms with Crippen molar-refractivity contribution in [3.05, 3.63) is 35.1 Å². The van der Waals surface area contributed by atoms with E-state index < -0.39 is 5.82 Å². The summed E-state index contributed by atoms with van der Waals surface area (Å²) in [7, 11) is 0. The van der Waals surface area contributed by atoms with Crippen molar-refractivity contribution in [3.63, 3.8) is 0 Å². The van der Waals surface area contributed by atoms with Crippen LogP contribution < -0.4 is 10.6 Å². The van der Waals surface area contributed by atoms with Crippen LogP contribution in [0.4, 0.5) is 4.39 Å². The van der Waals surface area contributed by atoms with Crippen molar-refractivity contribution in [1.29, 1.82) is 5.26 Å². The van der Waals surface area contributed by atoms with E-state index in [2.05, 4.69) is 27.4 Å². The third-order valence-electron chi connectivity index (χ3n) is 4.17. The number of hydrogen-bond donors (Lipinski definition) is 2. The second-order valence-electron chi connectivity index (χ2n) is 5.99. The van der Waals surface area contributed by atoms with Crippen molar-refractivity contribution in [1.82, 2.24) is 15.5 Å². The van der Waals surface area contributed by atoms with E-state index in [1.165, 1.54) is 6.07 Å². The lowest BCUT2D eigenvalue weighted by Gasteiger charge is -2.32. The van der Waals surface area contributed by atoms with Gasteiger partial charge in [-0.1, -0.05) is 6.07 Å². The summed E-state index contributed by atoms with van der Waals surface area (Å²) in [5, 5.41) is 15.3. The lowest BCUT2D eigenvalue weighted by molar-refractivity contribution is 0.0211. The maximum atomic E-state index is 14.0. The number of morpholine rings is 1. The SMILES string of the molecule is CCNC(=NCc1ccc(C#N)cc1F)NCC(C)N1CCOCC1. The molecule has 1 heterocycles. The molecule has 25 heavy (non-hydrogen) atoms. The van der Waals surface area contributed by atoms with Crippen LogP contribution in [0.3, 0.4) is 0 Å². The summed E-state index contributed by atoms with van der Waals surface area (Å²) in [6.07, 6.45) is 0. The molecule has 2 N–H and O–H groups in total. The average Bonchev–Trinajstić information content (AvgIpc) is 2.65. The summed E-state index contributed by atoms with van der Waals surface area (Å²) in [5.74, 6) is 0.256. The van der Waals surface area contributed by atoms with Crippen molar-refractivity contribution in [2.75, 3.05) is 39.4 Å². The predicted molar refractivity (Wildman–Crippen MR) is 95.8 cm³/mol. The highest BCUT2D eigenvalue weighted by Crippen LogP contribution is 2.11. The maximum absolute atomic E-state index is 14.0. The normalized spacial score (nSPS) is 17.0. The van der Waals surface area contributed by atoms with E-state index in [0.717, 1.165) is 39.4 Å². The second kappa shape index (κ2) is 9.97. The number of nitriles is 1. The van der Waals surface area contributed by atoms with E-state index >= 15 is 0 Å². The topological polar surface area (TPSA) is 72.7 Å². The summed E-state index contributed by atoms with van der Waals surface area (Å²) >= 11 is 0. The molecule has 0 aliphatic carbocycles. The lowest BCUT2D eigenvalue weighted by Crippen LogP contribution is -2.49. The van der Waals surface area contributed by atoms with Gasteiger partial charge in [0.05, 0.1) is 31.4 Å². The maximum Gasteiger partial charge on any atom is 0.191 e. The highest BCUT2D eigenvalue weighted by molar-refractivity contribution is 5.79. The minimum absolute atomic E-state index is 0.221. The van der Waals surface area contributed by atoms with Gasteiger partial charge >= 0.3 is 0 Å². The Hall–Kier alpha value is -2.17. The number of benzene rings is 1. The molecule has 7 heteroatoms. The Morgan fingerprint density at radius 3 is 2.80 bits per heavy atom. The number of nitrogens with zero attached hydrogens (tertiary/aromatic N) is 3. The van der Waals surface area contributed by atoms with Gasteiger partial charge in [-0.05, 0) is 26.0 Å². The molecule has 6 nitrogen and oxygen atoms in total. The van der Waals surface area contributed by atoms with Gasteiger partial charge in [0.2, 0.25) is 0 Å². The minimum Gasteiger partial charge on any atom is -0.379 e. The van der Waals surface area contributed by atoms with Crippen molar-refractivity contribution in [2.45, 2.75) is 26.4 Å². The van der Waals surface area contributed by atoms with E-state index in [1.807, 2.05) is 13.0 Å². The van der Waals surface area contributed by atoms with Crippen LogP contribution in [0.25, 0.3) is 0 Å². The van der Waals surface area contributed by atoms with Crippen LogP contribution in [0.5, 0.6) is 0 Å². The first kappa shape index (κ1) is 19.2. The third-order valence-corrected chi connectivity index (χ3v) is 4.17. The van der Waals surface area contributed by atoms with Gasteiger partial charge in [0.15, 0.2) is 5.96 Å². The molecule has 0 saturated carbocycles. The Labute approximate surface area is 148 Å². The lowest BCUT2D eigenvalue weighted by atomic mass is 10.1. The van der Waals surface area contributed by atoms with Crippen molar-refractivity contribution in [2.24, 2.45) is 4.99 Å². The zero-order chi connectivity index (χ0) is 18.1. The van der Waals surface area contributed by atoms with Crippen LogP contribution in [0.2, 0.25) is 0 Å². The summed E-state index contributed by atoms with van der Waals surface area (Å²) in [6, 6.07) is 6.75. The zero-order valence-corrected chi connectivity index (χ0v) is 14.9. The monoisotopic (exact) mass is 347 g/mol. The highest BCUT2D eigenvalue weighted by atomic mass is 19.1. The first-order valence-corrected chi connectivity index (χ1v) is 8.66. The second-order valence-corrected chi connectivity index (χ2v) is 5.99. The number of hydrogen-bond acceptors (Lipinski definition) is 4. The summed E-state index contributed by atoms with van der Waals surface area (Å²) < 4.78 is 19.3. The molecular formula is C18H26FN5O. The Kier molecular flexibility index (Phi) is 7.64. The molecule has 1 aliphatic rings. The van der Waals surface area contributed by atoms with Gasteiger partial charge in [-0.15, -0.1) is 0 Å². The van der Waals surface area contributed by atoms with Gasteiger partial charge in [-0.3, -0.25) is 4.90 Å². The highest BCUT2D eigenvalue weighted by Gasteiger charge is 2.17. The van der Waals surface area contributed by atoms with E-state index in [4.69, 9.17) is 10.00 Å². The van der Waals surface area contributed by atoms with Crippen molar-refractivity contribution in [3.8, 4) is 6.07 Å². The van der Waals surface area contributed by atoms with Gasteiger partial charge in [-0.25, -0.2) is 9.38 Å².